The number of thioether (sulfide) groups is 1. The molecule has 0 aromatic heterocycles. The standard InChI is InChI=1S/C14H22N2OS/c1-3-11(2)13(15)14(17)16-9-10-18-12-7-5-4-6-8-12/h4-8,11,13H,3,9-10,15H2,1-2H3,(H,16,17)/t11?,13-/m0/s1. The van der Waals surface area contributed by atoms with Crippen molar-refractivity contribution in [2.45, 2.75) is 31.2 Å². The van der Waals surface area contributed by atoms with E-state index in [4.69, 9.17) is 5.73 Å². The lowest BCUT2D eigenvalue weighted by Crippen LogP contribution is -2.45. The molecule has 3 N–H and O–H groups in total. The number of rotatable bonds is 7. The molecule has 1 aromatic carbocycles. The van der Waals surface area contributed by atoms with Gasteiger partial charge >= 0.3 is 0 Å². The third-order valence-corrected chi connectivity index (χ3v) is 3.99. The van der Waals surface area contributed by atoms with E-state index < -0.39 is 6.04 Å². The molecule has 18 heavy (non-hydrogen) atoms. The van der Waals surface area contributed by atoms with E-state index in [0.717, 1.165) is 12.2 Å². The lowest BCUT2D eigenvalue weighted by molar-refractivity contribution is -0.123. The van der Waals surface area contributed by atoms with Crippen molar-refractivity contribution in [3.63, 3.8) is 0 Å². The second-order valence-electron chi connectivity index (χ2n) is 4.36. The van der Waals surface area contributed by atoms with E-state index in [1.807, 2.05) is 32.0 Å². The van der Waals surface area contributed by atoms with E-state index in [0.29, 0.717) is 6.54 Å². The first kappa shape index (κ1) is 15.1. The third-order valence-electron chi connectivity index (χ3n) is 2.97. The molecule has 2 atom stereocenters. The molecule has 1 amide bonds. The number of hydrogen-bond donors (Lipinski definition) is 2. The van der Waals surface area contributed by atoms with Crippen molar-refractivity contribution in [1.29, 1.82) is 0 Å². The average Bonchev–Trinajstić information content (AvgIpc) is 2.42. The Morgan fingerprint density at radius 3 is 2.67 bits per heavy atom. The van der Waals surface area contributed by atoms with E-state index in [1.54, 1.807) is 11.8 Å². The molecule has 0 bridgehead atoms. The van der Waals surface area contributed by atoms with Crippen LogP contribution in [0.4, 0.5) is 0 Å². The Bertz CT molecular complexity index is 356. The van der Waals surface area contributed by atoms with Crippen LogP contribution < -0.4 is 11.1 Å². The lowest BCUT2D eigenvalue weighted by Gasteiger charge is -2.17. The van der Waals surface area contributed by atoms with Gasteiger partial charge in [0.25, 0.3) is 0 Å². The van der Waals surface area contributed by atoms with Crippen molar-refractivity contribution < 1.29 is 4.79 Å². The highest BCUT2D eigenvalue weighted by atomic mass is 32.2. The van der Waals surface area contributed by atoms with Crippen molar-refractivity contribution in [2.24, 2.45) is 11.7 Å². The van der Waals surface area contributed by atoms with Crippen LogP contribution in [0.1, 0.15) is 20.3 Å². The molecule has 0 heterocycles. The predicted octanol–water partition coefficient (Wildman–Crippen LogP) is 2.27. The van der Waals surface area contributed by atoms with Gasteiger partial charge < -0.3 is 11.1 Å². The Labute approximate surface area is 114 Å². The summed E-state index contributed by atoms with van der Waals surface area (Å²) in [6.07, 6.45) is 0.924. The zero-order chi connectivity index (χ0) is 13.4. The van der Waals surface area contributed by atoms with Crippen LogP contribution in [0.2, 0.25) is 0 Å². The van der Waals surface area contributed by atoms with Gasteiger partial charge in [0.05, 0.1) is 6.04 Å². The summed E-state index contributed by atoms with van der Waals surface area (Å²) < 4.78 is 0. The Hall–Kier alpha value is -1.00. The number of amides is 1. The SMILES string of the molecule is CCC(C)[C@H](N)C(=O)NCCSc1ccccc1. The normalized spacial score (nSPS) is 13.9. The predicted molar refractivity (Wildman–Crippen MR) is 77.6 cm³/mol. The molecular formula is C14H22N2OS. The number of hydrogen-bond acceptors (Lipinski definition) is 3. The first-order valence-electron chi connectivity index (χ1n) is 6.36. The van der Waals surface area contributed by atoms with Gasteiger partial charge in [0.1, 0.15) is 0 Å². The first-order valence-corrected chi connectivity index (χ1v) is 7.34. The van der Waals surface area contributed by atoms with Gasteiger partial charge in [-0.3, -0.25) is 4.79 Å². The third kappa shape index (κ3) is 5.10. The largest absolute Gasteiger partial charge is 0.354 e. The topological polar surface area (TPSA) is 55.1 Å². The molecule has 4 heteroatoms. The summed E-state index contributed by atoms with van der Waals surface area (Å²) in [6.45, 7) is 4.70. The van der Waals surface area contributed by atoms with Gasteiger partial charge in [-0.15, -0.1) is 11.8 Å². The van der Waals surface area contributed by atoms with Crippen LogP contribution in [0.5, 0.6) is 0 Å². The molecule has 1 unspecified atom stereocenters. The summed E-state index contributed by atoms with van der Waals surface area (Å²) in [5.74, 6) is 1.05. The fraction of sp³-hybridized carbons (Fsp3) is 0.500. The van der Waals surface area contributed by atoms with Crippen LogP contribution >= 0.6 is 11.8 Å². The number of carbonyl (C=O) groups excluding carboxylic acids is 1. The molecule has 3 nitrogen and oxygen atoms in total. The molecular weight excluding hydrogens is 244 g/mol. The van der Waals surface area contributed by atoms with E-state index in [9.17, 15) is 4.79 Å². The summed E-state index contributed by atoms with van der Waals surface area (Å²) >= 11 is 1.73. The second-order valence-corrected chi connectivity index (χ2v) is 5.53. The minimum Gasteiger partial charge on any atom is -0.354 e. The quantitative estimate of drug-likeness (QED) is 0.588. The molecule has 1 rings (SSSR count). The fourth-order valence-corrected chi connectivity index (χ4v) is 2.28. The van der Waals surface area contributed by atoms with Crippen LogP contribution in [0.25, 0.3) is 0 Å². The zero-order valence-corrected chi connectivity index (χ0v) is 11.9. The number of carbonyl (C=O) groups is 1. The van der Waals surface area contributed by atoms with Gasteiger partial charge in [0.2, 0.25) is 5.91 Å². The van der Waals surface area contributed by atoms with Crippen LogP contribution in [0.3, 0.4) is 0 Å². The molecule has 0 saturated carbocycles. The minimum absolute atomic E-state index is 0.0435. The number of nitrogens with two attached hydrogens (primary N) is 1. The summed E-state index contributed by atoms with van der Waals surface area (Å²) in [5, 5.41) is 2.88. The van der Waals surface area contributed by atoms with Crippen molar-refractivity contribution in [1.82, 2.24) is 5.32 Å². The van der Waals surface area contributed by atoms with E-state index in [2.05, 4.69) is 17.4 Å². The fourth-order valence-electron chi connectivity index (χ4n) is 1.49. The van der Waals surface area contributed by atoms with Gasteiger partial charge in [-0.25, -0.2) is 0 Å². The Morgan fingerprint density at radius 2 is 2.06 bits per heavy atom. The Morgan fingerprint density at radius 1 is 1.39 bits per heavy atom. The van der Waals surface area contributed by atoms with Gasteiger partial charge in [0.15, 0.2) is 0 Å². The highest BCUT2D eigenvalue weighted by Crippen LogP contribution is 2.15. The van der Waals surface area contributed by atoms with E-state index in [-0.39, 0.29) is 11.8 Å². The second kappa shape index (κ2) is 8.16. The molecule has 1 aromatic rings. The maximum absolute atomic E-state index is 11.7. The summed E-state index contributed by atoms with van der Waals surface area (Å²) in [5.41, 5.74) is 5.85. The molecule has 100 valence electrons. The van der Waals surface area contributed by atoms with Gasteiger partial charge in [-0.1, -0.05) is 38.5 Å². The molecule has 0 aliphatic rings. The summed E-state index contributed by atoms with van der Waals surface area (Å²) in [6, 6.07) is 9.77. The van der Waals surface area contributed by atoms with Crippen molar-refractivity contribution in [3.05, 3.63) is 30.3 Å². The monoisotopic (exact) mass is 266 g/mol. The maximum atomic E-state index is 11.7. The number of nitrogens with one attached hydrogen (secondary N) is 1. The average molecular weight is 266 g/mol. The molecule has 0 saturated heterocycles. The molecule has 0 aliphatic heterocycles. The lowest BCUT2D eigenvalue weighted by atomic mass is 9.99. The van der Waals surface area contributed by atoms with Crippen LogP contribution in [0.15, 0.2) is 35.2 Å². The van der Waals surface area contributed by atoms with Crippen LogP contribution in [0, 0.1) is 5.92 Å². The molecule has 0 aliphatic carbocycles. The Kier molecular flexibility index (Phi) is 6.83. The highest BCUT2D eigenvalue weighted by molar-refractivity contribution is 7.99. The van der Waals surface area contributed by atoms with Crippen molar-refractivity contribution in [3.8, 4) is 0 Å². The number of benzene rings is 1. The van der Waals surface area contributed by atoms with E-state index >= 15 is 0 Å². The minimum atomic E-state index is -0.392. The molecule has 0 fully saturated rings. The zero-order valence-electron chi connectivity index (χ0n) is 11.1. The summed E-state index contributed by atoms with van der Waals surface area (Å²) in [4.78, 5) is 12.9. The highest BCUT2D eigenvalue weighted by Gasteiger charge is 2.18. The Balaban J connectivity index is 2.20. The molecule has 0 radical (unpaired) electrons. The van der Waals surface area contributed by atoms with E-state index in [1.165, 1.54) is 4.90 Å². The first-order chi connectivity index (χ1) is 8.65. The van der Waals surface area contributed by atoms with Crippen molar-refractivity contribution >= 4 is 17.7 Å². The summed E-state index contributed by atoms with van der Waals surface area (Å²) in [7, 11) is 0. The van der Waals surface area contributed by atoms with Crippen LogP contribution in [-0.4, -0.2) is 24.2 Å². The molecule has 0 spiro atoms. The van der Waals surface area contributed by atoms with Crippen molar-refractivity contribution in [2.75, 3.05) is 12.3 Å². The van der Waals surface area contributed by atoms with Gasteiger partial charge in [-0.2, -0.15) is 0 Å². The van der Waals surface area contributed by atoms with Crippen LogP contribution in [-0.2, 0) is 4.79 Å². The van der Waals surface area contributed by atoms with Gasteiger partial charge in [0, 0.05) is 17.2 Å². The maximum Gasteiger partial charge on any atom is 0.237 e. The van der Waals surface area contributed by atoms with Gasteiger partial charge in [-0.05, 0) is 18.1 Å². The smallest absolute Gasteiger partial charge is 0.237 e.